The Hall–Kier alpha value is -1.69. The van der Waals surface area contributed by atoms with E-state index in [9.17, 15) is 14.7 Å². The second-order valence-electron chi connectivity index (χ2n) is 6.85. The van der Waals surface area contributed by atoms with Crippen LogP contribution in [0.1, 0.15) is 71.1 Å². The van der Waals surface area contributed by atoms with E-state index in [1.807, 2.05) is 0 Å². The van der Waals surface area contributed by atoms with Crippen LogP contribution in [0.5, 0.6) is 5.75 Å². The number of carbonyl (C=O) groups excluding carboxylic acids is 2. The highest BCUT2D eigenvalue weighted by Crippen LogP contribution is 2.21. The van der Waals surface area contributed by atoms with E-state index in [1.54, 1.807) is 24.3 Å². The van der Waals surface area contributed by atoms with Crippen LogP contribution in [0.2, 0.25) is 0 Å². The number of phenolic OH excluding ortho intramolecular Hbond substituents is 1. The van der Waals surface area contributed by atoms with E-state index in [2.05, 4.69) is 6.92 Å². The molecule has 0 bridgehead atoms. The number of thioether (sulfide) groups is 1. The molecule has 0 aliphatic rings. The van der Waals surface area contributed by atoms with E-state index in [0.29, 0.717) is 6.54 Å². The van der Waals surface area contributed by atoms with Crippen molar-refractivity contribution in [3.63, 3.8) is 0 Å². The van der Waals surface area contributed by atoms with Crippen LogP contribution in [-0.2, 0) is 4.79 Å². The topological polar surface area (TPSA) is 83.6 Å². The molecule has 5 nitrogen and oxygen atoms in total. The number of nitrogens with zero attached hydrogens (tertiary/aromatic N) is 1. The number of amides is 3. The second kappa shape index (κ2) is 14.4. The minimum atomic E-state index is -0.678. The van der Waals surface area contributed by atoms with Crippen molar-refractivity contribution in [3.8, 4) is 5.75 Å². The minimum absolute atomic E-state index is 0.158. The third-order valence-corrected chi connectivity index (χ3v) is 5.50. The number of primary amides is 1. The van der Waals surface area contributed by atoms with E-state index < -0.39 is 6.03 Å². The molecule has 0 radical (unpaired) electrons. The molecule has 27 heavy (non-hydrogen) atoms. The number of nitrogens with two attached hydrogens (primary N) is 1. The molecule has 0 aliphatic carbocycles. The number of hydrogen-bond donors (Lipinski definition) is 2. The second-order valence-corrected chi connectivity index (χ2v) is 7.90. The minimum Gasteiger partial charge on any atom is -0.508 e. The maximum Gasteiger partial charge on any atom is 0.321 e. The van der Waals surface area contributed by atoms with Crippen LogP contribution >= 0.6 is 11.8 Å². The van der Waals surface area contributed by atoms with Gasteiger partial charge in [0.25, 0.3) is 0 Å². The summed E-state index contributed by atoms with van der Waals surface area (Å²) in [5, 5.41) is 9.27. The fourth-order valence-electron chi connectivity index (χ4n) is 2.88. The highest BCUT2D eigenvalue weighted by molar-refractivity contribution is 8.00. The van der Waals surface area contributed by atoms with Crippen molar-refractivity contribution in [2.24, 2.45) is 5.73 Å². The Morgan fingerprint density at radius 3 is 1.96 bits per heavy atom. The number of carbonyl (C=O) groups is 2. The number of imide groups is 1. The first-order valence-electron chi connectivity index (χ1n) is 10.1. The summed E-state index contributed by atoms with van der Waals surface area (Å²) in [5.41, 5.74) is 5.37. The fourth-order valence-corrected chi connectivity index (χ4v) is 3.66. The van der Waals surface area contributed by atoms with Gasteiger partial charge in [0.2, 0.25) is 5.91 Å². The average molecular weight is 395 g/mol. The summed E-state index contributed by atoms with van der Waals surface area (Å²) in [6, 6.07) is 5.95. The van der Waals surface area contributed by atoms with Crippen LogP contribution in [-0.4, -0.2) is 34.2 Å². The van der Waals surface area contributed by atoms with E-state index in [0.717, 1.165) is 29.1 Å². The highest BCUT2D eigenvalue weighted by Gasteiger charge is 2.18. The third kappa shape index (κ3) is 10.9. The highest BCUT2D eigenvalue weighted by atomic mass is 32.2. The van der Waals surface area contributed by atoms with Crippen LogP contribution in [0.15, 0.2) is 29.2 Å². The van der Waals surface area contributed by atoms with E-state index in [1.165, 1.54) is 56.7 Å². The van der Waals surface area contributed by atoms with Gasteiger partial charge in [0, 0.05) is 11.4 Å². The molecule has 1 aromatic rings. The summed E-state index contributed by atoms with van der Waals surface area (Å²) in [5.74, 6) is 0.0766. The molecule has 0 saturated carbocycles. The molecule has 0 saturated heterocycles. The van der Waals surface area contributed by atoms with Crippen LogP contribution in [0.4, 0.5) is 4.79 Å². The predicted octanol–water partition coefficient (Wildman–Crippen LogP) is 5.31. The zero-order valence-corrected chi connectivity index (χ0v) is 17.3. The van der Waals surface area contributed by atoms with Gasteiger partial charge in [0.1, 0.15) is 5.75 Å². The van der Waals surface area contributed by atoms with Crippen LogP contribution in [0.25, 0.3) is 0 Å². The van der Waals surface area contributed by atoms with Gasteiger partial charge in [-0.05, 0) is 30.7 Å². The Balaban J connectivity index is 2.18. The first kappa shape index (κ1) is 23.3. The molecule has 0 fully saturated rings. The lowest BCUT2D eigenvalue weighted by molar-refractivity contribution is -0.125. The summed E-state index contributed by atoms with van der Waals surface area (Å²) in [4.78, 5) is 25.9. The lowest BCUT2D eigenvalue weighted by Crippen LogP contribution is -2.42. The van der Waals surface area contributed by atoms with Gasteiger partial charge in [-0.2, -0.15) is 0 Å². The molecule has 152 valence electrons. The SMILES string of the molecule is CCCCCCCCCCCCN(C(N)=O)C(=O)CSc1ccc(O)cc1. The van der Waals surface area contributed by atoms with Crippen molar-refractivity contribution in [1.82, 2.24) is 4.90 Å². The summed E-state index contributed by atoms with van der Waals surface area (Å²) in [7, 11) is 0. The van der Waals surface area contributed by atoms with Crippen LogP contribution in [0.3, 0.4) is 0 Å². The average Bonchev–Trinajstić information content (AvgIpc) is 2.65. The summed E-state index contributed by atoms with van der Waals surface area (Å²) < 4.78 is 0. The number of unbranched alkanes of at least 4 members (excludes halogenated alkanes) is 9. The Morgan fingerprint density at radius 2 is 1.44 bits per heavy atom. The summed E-state index contributed by atoms with van der Waals surface area (Å²) in [6.45, 7) is 2.62. The zero-order valence-electron chi connectivity index (χ0n) is 16.5. The van der Waals surface area contributed by atoms with Gasteiger partial charge in [0.15, 0.2) is 0 Å². The smallest absolute Gasteiger partial charge is 0.321 e. The number of benzene rings is 1. The quantitative estimate of drug-likeness (QED) is 0.331. The largest absolute Gasteiger partial charge is 0.508 e. The van der Waals surface area contributed by atoms with Gasteiger partial charge in [-0.3, -0.25) is 9.69 Å². The van der Waals surface area contributed by atoms with Crippen LogP contribution in [0, 0.1) is 0 Å². The van der Waals surface area contributed by atoms with E-state index >= 15 is 0 Å². The molecule has 3 N–H and O–H groups in total. The first-order valence-corrected chi connectivity index (χ1v) is 11.0. The Labute approximate surface area is 167 Å². The normalized spacial score (nSPS) is 10.7. The van der Waals surface area contributed by atoms with Gasteiger partial charge in [-0.1, -0.05) is 64.7 Å². The number of hydrogen-bond acceptors (Lipinski definition) is 4. The Morgan fingerprint density at radius 1 is 0.926 bits per heavy atom. The molecule has 0 heterocycles. The predicted molar refractivity (Wildman–Crippen MR) is 112 cm³/mol. The molecule has 0 aliphatic heterocycles. The molecule has 0 spiro atoms. The lowest BCUT2D eigenvalue weighted by atomic mass is 10.1. The van der Waals surface area contributed by atoms with Gasteiger partial charge in [0.05, 0.1) is 5.75 Å². The molecular weight excluding hydrogens is 360 g/mol. The number of phenols is 1. The monoisotopic (exact) mass is 394 g/mol. The summed E-state index contributed by atoms with van der Waals surface area (Å²) >= 11 is 1.33. The van der Waals surface area contributed by atoms with Gasteiger partial charge in [-0.25, -0.2) is 4.79 Å². The van der Waals surface area contributed by atoms with Gasteiger partial charge < -0.3 is 10.8 Å². The number of urea groups is 1. The molecule has 0 unspecified atom stereocenters. The standard InChI is InChI=1S/C21H34N2O3S/c1-2-3-4-5-6-7-8-9-10-11-16-23(21(22)26)20(25)17-27-19-14-12-18(24)13-15-19/h12-15,24H,2-11,16-17H2,1H3,(H2,22,26). The first-order chi connectivity index (χ1) is 13.0. The van der Waals surface area contributed by atoms with E-state index in [4.69, 9.17) is 5.73 Å². The summed E-state index contributed by atoms with van der Waals surface area (Å²) in [6.07, 6.45) is 12.0. The van der Waals surface area contributed by atoms with Crippen LogP contribution < -0.4 is 5.73 Å². The maximum absolute atomic E-state index is 12.3. The Kier molecular flexibility index (Phi) is 12.4. The zero-order chi connectivity index (χ0) is 19.9. The van der Waals surface area contributed by atoms with Crippen molar-refractivity contribution in [2.45, 2.75) is 76.0 Å². The van der Waals surface area contributed by atoms with Crippen molar-refractivity contribution in [2.75, 3.05) is 12.3 Å². The molecule has 0 atom stereocenters. The molecule has 6 heteroatoms. The number of rotatable bonds is 14. The fraction of sp³-hybridized carbons (Fsp3) is 0.619. The molecule has 0 aromatic heterocycles. The Bertz CT molecular complexity index is 549. The van der Waals surface area contributed by atoms with Crippen molar-refractivity contribution in [3.05, 3.63) is 24.3 Å². The van der Waals surface area contributed by atoms with Crippen molar-refractivity contribution >= 4 is 23.7 Å². The van der Waals surface area contributed by atoms with Gasteiger partial charge >= 0.3 is 6.03 Å². The number of aromatic hydroxyl groups is 1. The van der Waals surface area contributed by atoms with E-state index in [-0.39, 0.29) is 17.4 Å². The molecule has 1 rings (SSSR count). The third-order valence-electron chi connectivity index (χ3n) is 4.50. The van der Waals surface area contributed by atoms with Gasteiger partial charge in [-0.15, -0.1) is 11.8 Å². The maximum atomic E-state index is 12.3. The molecule has 1 aromatic carbocycles. The molecular formula is C21H34N2O3S. The molecule has 3 amide bonds. The lowest BCUT2D eigenvalue weighted by Gasteiger charge is -2.18. The van der Waals surface area contributed by atoms with Crippen molar-refractivity contribution in [1.29, 1.82) is 0 Å². The van der Waals surface area contributed by atoms with Crippen molar-refractivity contribution < 1.29 is 14.7 Å².